The van der Waals surface area contributed by atoms with Crippen LogP contribution in [0.15, 0.2) is 35.5 Å². The molecular formula is C22H28N4OS. The summed E-state index contributed by atoms with van der Waals surface area (Å²) in [5.74, 6) is 3.84. The lowest BCUT2D eigenvalue weighted by atomic mass is 9.75. The van der Waals surface area contributed by atoms with Crippen molar-refractivity contribution >= 4 is 17.7 Å². The summed E-state index contributed by atoms with van der Waals surface area (Å²) in [7, 11) is 0. The summed E-state index contributed by atoms with van der Waals surface area (Å²) >= 11 is 1.49. The zero-order valence-electron chi connectivity index (χ0n) is 16.3. The van der Waals surface area contributed by atoms with E-state index >= 15 is 0 Å². The number of fused-ring (bicyclic) bond motifs is 1. The Morgan fingerprint density at radius 3 is 2.61 bits per heavy atom. The highest BCUT2D eigenvalue weighted by Crippen LogP contribution is 2.40. The summed E-state index contributed by atoms with van der Waals surface area (Å²) in [6.45, 7) is 1.89. The van der Waals surface area contributed by atoms with Crippen LogP contribution in [0.2, 0.25) is 0 Å². The number of piperidine rings is 1. The van der Waals surface area contributed by atoms with Crippen molar-refractivity contribution in [1.82, 2.24) is 19.7 Å². The van der Waals surface area contributed by atoms with Crippen LogP contribution in [-0.2, 0) is 4.79 Å². The number of rotatable bonds is 5. The Bertz CT molecular complexity index is 832. The van der Waals surface area contributed by atoms with Crippen LogP contribution in [0, 0.1) is 11.8 Å². The van der Waals surface area contributed by atoms with Crippen molar-refractivity contribution in [3.63, 3.8) is 0 Å². The lowest BCUT2D eigenvalue weighted by Gasteiger charge is -2.41. The van der Waals surface area contributed by atoms with Gasteiger partial charge in [-0.2, -0.15) is 0 Å². The Labute approximate surface area is 170 Å². The smallest absolute Gasteiger partial charge is 0.233 e. The molecule has 2 atom stereocenters. The number of para-hydroxylation sites is 1. The van der Waals surface area contributed by atoms with Crippen molar-refractivity contribution in [3.05, 3.63) is 36.2 Å². The van der Waals surface area contributed by atoms with Gasteiger partial charge >= 0.3 is 0 Å². The summed E-state index contributed by atoms with van der Waals surface area (Å²) in [5, 5.41) is 5.45. The summed E-state index contributed by atoms with van der Waals surface area (Å²) in [6, 6.07) is 10.2. The number of thioether (sulfide) groups is 1. The van der Waals surface area contributed by atoms with Crippen molar-refractivity contribution in [2.24, 2.45) is 11.8 Å². The molecule has 0 N–H and O–H groups in total. The van der Waals surface area contributed by atoms with Crippen LogP contribution in [-0.4, -0.2) is 44.4 Å². The minimum absolute atomic E-state index is 0.248. The molecule has 1 aromatic carbocycles. The molecule has 148 valence electrons. The highest BCUT2D eigenvalue weighted by molar-refractivity contribution is 7.99. The molecule has 0 bridgehead atoms. The number of amides is 1. The van der Waals surface area contributed by atoms with Gasteiger partial charge in [0.1, 0.15) is 5.82 Å². The van der Waals surface area contributed by atoms with Gasteiger partial charge in [-0.15, -0.1) is 5.10 Å². The van der Waals surface area contributed by atoms with E-state index in [1.807, 2.05) is 22.9 Å². The van der Waals surface area contributed by atoms with Gasteiger partial charge in [0.2, 0.25) is 11.1 Å². The maximum Gasteiger partial charge on any atom is 0.233 e. The molecular weight excluding hydrogens is 368 g/mol. The molecule has 2 aromatic rings. The van der Waals surface area contributed by atoms with Crippen LogP contribution in [0.3, 0.4) is 0 Å². The van der Waals surface area contributed by atoms with Crippen molar-refractivity contribution < 1.29 is 4.79 Å². The van der Waals surface area contributed by atoms with Gasteiger partial charge < -0.3 is 4.90 Å². The zero-order chi connectivity index (χ0) is 18.9. The molecule has 1 aromatic heterocycles. The van der Waals surface area contributed by atoms with E-state index in [-0.39, 0.29) is 5.91 Å². The second-order valence-electron chi connectivity index (χ2n) is 8.50. The SMILES string of the molecule is O=C(CSc1nc(C2CC2)n(-c2ccccc2)n1)N1CC[C@H]2CCCC[C@H]2C1. The second kappa shape index (κ2) is 7.90. The van der Waals surface area contributed by atoms with Crippen molar-refractivity contribution in [3.8, 4) is 5.69 Å². The maximum absolute atomic E-state index is 12.8. The first-order chi connectivity index (χ1) is 13.8. The minimum Gasteiger partial charge on any atom is -0.342 e. The third kappa shape index (κ3) is 3.84. The number of benzene rings is 1. The second-order valence-corrected chi connectivity index (χ2v) is 9.44. The molecule has 28 heavy (non-hydrogen) atoms. The molecule has 0 spiro atoms. The highest BCUT2D eigenvalue weighted by atomic mass is 32.2. The molecule has 3 aliphatic rings. The molecule has 1 aliphatic heterocycles. The monoisotopic (exact) mass is 396 g/mol. The van der Waals surface area contributed by atoms with Gasteiger partial charge in [0.15, 0.2) is 0 Å². The predicted molar refractivity (Wildman–Crippen MR) is 111 cm³/mol. The molecule has 1 saturated heterocycles. The van der Waals surface area contributed by atoms with Gasteiger partial charge in [-0.1, -0.05) is 49.2 Å². The number of aromatic nitrogens is 3. The predicted octanol–water partition coefficient (Wildman–Crippen LogP) is 4.28. The molecule has 5 nitrogen and oxygen atoms in total. The third-order valence-electron chi connectivity index (χ3n) is 6.52. The summed E-state index contributed by atoms with van der Waals surface area (Å²) in [4.78, 5) is 19.7. The largest absolute Gasteiger partial charge is 0.342 e. The fraction of sp³-hybridized carbons (Fsp3) is 0.591. The van der Waals surface area contributed by atoms with E-state index in [4.69, 9.17) is 10.1 Å². The van der Waals surface area contributed by atoms with Gasteiger partial charge in [-0.05, 0) is 49.7 Å². The summed E-state index contributed by atoms with van der Waals surface area (Å²) in [5.41, 5.74) is 1.05. The lowest BCUT2D eigenvalue weighted by molar-refractivity contribution is -0.131. The van der Waals surface area contributed by atoms with Gasteiger partial charge in [-0.25, -0.2) is 9.67 Å². The van der Waals surface area contributed by atoms with Crippen molar-refractivity contribution in [1.29, 1.82) is 0 Å². The Balaban J connectivity index is 1.24. The Hall–Kier alpha value is -1.82. The minimum atomic E-state index is 0.248. The molecule has 2 saturated carbocycles. The Morgan fingerprint density at radius 1 is 1.04 bits per heavy atom. The van der Waals surface area contributed by atoms with Gasteiger partial charge in [0, 0.05) is 19.0 Å². The number of hydrogen-bond acceptors (Lipinski definition) is 4. The molecule has 5 rings (SSSR count). The van der Waals surface area contributed by atoms with Crippen LogP contribution in [0.25, 0.3) is 5.69 Å². The number of nitrogens with zero attached hydrogens (tertiary/aromatic N) is 4. The molecule has 1 amide bonds. The van der Waals surface area contributed by atoms with E-state index in [9.17, 15) is 4.79 Å². The molecule has 2 heterocycles. The molecule has 0 unspecified atom stereocenters. The van der Waals surface area contributed by atoms with Crippen LogP contribution in [0.4, 0.5) is 0 Å². The van der Waals surface area contributed by atoms with Crippen LogP contribution in [0.5, 0.6) is 0 Å². The molecule has 6 heteroatoms. The molecule has 2 aliphatic carbocycles. The van der Waals surface area contributed by atoms with Crippen molar-refractivity contribution in [2.75, 3.05) is 18.8 Å². The fourth-order valence-electron chi connectivity index (χ4n) is 4.78. The average molecular weight is 397 g/mol. The van der Waals surface area contributed by atoms with E-state index in [1.54, 1.807) is 0 Å². The normalized spacial score (nSPS) is 24.8. The van der Waals surface area contributed by atoms with Gasteiger partial charge in [-0.3, -0.25) is 4.79 Å². The standard InChI is InChI=1S/C22H28N4OS/c27-20(25-13-12-16-6-4-5-7-18(16)14-25)15-28-22-23-21(17-10-11-17)26(24-22)19-8-2-1-3-9-19/h1-3,8-9,16-18H,4-7,10-15H2/t16-,18+/m1/s1. The first-order valence-corrected chi connectivity index (χ1v) is 11.7. The molecule has 0 radical (unpaired) electrons. The molecule has 3 fully saturated rings. The highest BCUT2D eigenvalue weighted by Gasteiger charge is 2.33. The van der Waals surface area contributed by atoms with Crippen LogP contribution < -0.4 is 0 Å². The van der Waals surface area contributed by atoms with Gasteiger partial charge in [0.25, 0.3) is 0 Å². The first-order valence-electron chi connectivity index (χ1n) is 10.7. The zero-order valence-corrected chi connectivity index (χ0v) is 17.1. The fourth-order valence-corrected chi connectivity index (χ4v) is 5.51. The number of carbonyl (C=O) groups is 1. The first kappa shape index (κ1) is 18.2. The topological polar surface area (TPSA) is 51.0 Å². The number of likely N-dealkylation sites (tertiary alicyclic amines) is 1. The number of carbonyl (C=O) groups excluding carboxylic acids is 1. The van der Waals surface area contributed by atoms with Gasteiger partial charge in [0.05, 0.1) is 11.4 Å². The lowest BCUT2D eigenvalue weighted by Crippen LogP contribution is -2.45. The maximum atomic E-state index is 12.8. The summed E-state index contributed by atoms with van der Waals surface area (Å²) in [6.07, 6.45) is 8.94. The average Bonchev–Trinajstić information content (AvgIpc) is 3.51. The van der Waals surface area contributed by atoms with E-state index in [1.165, 1.54) is 56.7 Å². The van der Waals surface area contributed by atoms with E-state index in [2.05, 4.69) is 17.0 Å². The van der Waals surface area contributed by atoms with Crippen LogP contribution >= 0.6 is 11.8 Å². The van der Waals surface area contributed by atoms with E-state index in [0.717, 1.165) is 41.6 Å². The van der Waals surface area contributed by atoms with Crippen LogP contribution in [0.1, 0.15) is 56.7 Å². The number of hydrogen-bond donors (Lipinski definition) is 0. The third-order valence-corrected chi connectivity index (χ3v) is 7.35. The quantitative estimate of drug-likeness (QED) is 0.708. The van der Waals surface area contributed by atoms with E-state index < -0.39 is 0 Å². The Kier molecular flexibility index (Phi) is 5.14. The van der Waals surface area contributed by atoms with Crippen molar-refractivity contribution in [2.45, 2.75) is 56.0 Å². The summed E-state index contributed by atoms with van der Waals surface area (Å²) < 4.78 is 1.97. The Morgan fingerprint density at radius 2 is 1.82 bits per heavy atom. The van der Waals surface area contributed by atoms with E-state index in [0.29, 0.717) is 11.7 Å².